The van der Waals surface area contributed by atoms with E-state index >= 15 is 0 Å². The minimum absolute atomic E-state index is 0.0317. The molecule has 0 N–H and O–H groups in total. The number of nitro groups is 1. The zero-order valence-corrected chi connectivity index (χ0v) is 14.4. The van der Waals surface area contributed by atoms with E-state index in [1.165, 1.54) is 0 Å². The molecule has 0 bridgehead atoms. The van der Waals surface area contributed by atoms with E-state index in [1.807, 2.05) is 58.9 Å². The highest BCUT2D eigenvalue weighted by molar-refractivity contribution is 5.29. The maximum Gasteiger partial charge on any atom is 0.210 e. The Morgan fingerprint density at radius 1 is 1.14 bits per heavy atom. The maximum atomic E-state index is 10.4. The molecular weight excluding hydrogens is 266 g/mol. The van der Waals surface area contributed by atoms with Crippen LogP contribution in [0.4, 0.5) is 0 Å². The molecule has 0 radical (unpaired) electrons. The molecule has 1 unspecified atom stereocenters. The number of rotatable bonds is 7. The van der Waals surface area contributed by atoms with Gasteiger partial charge in [0.1, 0.15) is 5.75 Å². The number of hydrogen-bond acceptors (Lipinski definition) is 3. The highest BCUT2D eigenvalue weighted by Gasteiger charge is 2.11. The lowest BCUT2D eigenvalue weighted by atomic mass is 10.0. The van der Waals surface area contributed by atoms with Gasteiger partial charge in [-0.15, -0.1) is 0 Å². The van der Waals surface area contributed by atoms with Crippen molar-refractivity contribution in [2.24, 2.45) is 0 Å². The first-order chi connectivity index (χ1) is 10.1. The molecule has 0 amide bonds. The summed E-state index contributed by atoms with van der Waals surface area (Å²) in [6, 6.07) is 7.55. The van der Waals surface area contributed by atoms with Crippen molar-refractivity contribution in [3.05, 3.63) is 39.9 Å². The molecule has 122 valence electrons. The number of hydrogen-bond donors (Lipinski definition) is 0. The van der Waals surface area contributed by atoms with Crippen LogP contribution < -0.4 is 4.74 Å². The average molecular weight is 297 g/mol. The number of ether oxygens (including phenoxy) is 1. The van der Waals surface area contributed by atoms with Gasteiger partial charge in [-0.3, -0.25) is 10.1 Å². The molecule has 1 aromatic rings. The van der Waals surface area contributed by atoms with Crippen LogP contribution in [0.25, 0.3) is 0 Å². The molecular formula is C17H31NO3. The topological polar surface area (TPSA) is 52.4 Å². The van der Waals surface area contributed by atoms with E-state index in [1.54, 1.807) is 0 Å². The summed E-state index contributed by atoms with van der Waals surface area (Å²) in [7, 11) is 0. The second-order valence-corrected chi connectivity index (χ2v) is 4.19. The molecule has 0 heterocycles. The second-order valence-electron chi connectivity index (χ2n) is 4.19. The molecule has 0 aliphatic carbocycles. The average Bonchev–Trinajstić information content (AvgIpc) is 2.51. The number of benzene rings is 1. The van der Waals surface area contributed by atoms with Gasteiger partial charge in [-0.25, -0.2) is 0 Å². The zero-order valence-electron chi connectivity index (χ0n) is 14.4. The van der Waals surface area contributed by atoms with Crippen LogP contribution in [0, 0.1) is 10.1 Å². The van der Waals surface area contributed by atoms with Crippen LogP contribution >= 0.6 is 0 Å². The lowest BCUT2D eigenvalue weighted by Crippen LogP contribution is -2.09. The van der Waals surface area contributed by atoms with Crippen LogP contribution in [-0.4, -0.2) is 18.1 Å². The normalized spacial score (nSPS) is 10.4. The summed E-state index contributed by atoms with van der Waals surface area (Å²) in [5, 5.41) is 10.4. The summed E-state index contributed by atoms with van der Waals surface area (Å²) in [5.74, 6) is 0.769. The Balaban J connectivity index is 0. The third-order valence-electron chi connectivity index (χ3n) is 2.64. The van der Waals surface area contributed by atoms with E-state index in [4.69, 9.17) is 4.74 Å². The van der Waals surface area contributed by atoms with Crippen LogP contribution in [0.5, 0.6) is 5.75 Å². The van der Waals surface area contributed by atoms with E-state index in [0.717, 1.165) is 30.8 Å². The molecule has 0 spiro atoms. The molecule has 1 aromatic carbocycles. The van der Waals surface area contributed by atoms with Gasteiger partial charge >= 0.3 is 0 Å². The molecule has 0 aliphatic heterocycles. The highest BCUT2D eigenvalue weighted by atomic mass is 16.6. The van der Waals surface area contributed by atoms with Gasteiger partial charge in [-0.2, -0.15) is 0 Å². The molecule has 1 atom stereocenters. The van der Waals surface area contributed by atoms with Crippen molar-refractivity contribution in [1.29, 1.82) is 0 Å². The minimum atomic E-state index is -0.281. The Labute approximate surface area is 129 Å². The largest absolute Gasteiger partial charge is 0.494 e. The smallest absolute Gasteiger partial charge is 0.210 e. The van der Waals surface area contributed by atoms with E-state index in [-0.39, 0.29) is 17.4 Å². The van der Waals surface area contributed by atoms with Gasteiger partial charge in [-0.05, 0) is 24.1 Å². The molecule has 1 rings (SSSR count). The Bertz CT molecular complexity index is 350. The third kappa shape index (κ3) is 10.8. The summed E-state index contributed by atoms with van der Waals surface area (Å²) in [4.78, 5) is 10.1. The van der Waals surface area contributed by atoms with Gasteiger partial charge < -0.3 is 4.74 Å². The first-order valence-corrected chi connectivity index (χ1v) is 7.98. The van der Waals surface area contributed by atoms with Gasteiger partial charge in [-0.1, -0.05) is 60.1 Å². The zero-order chi connectivity index (χ0) is 16.7. The van der Waals surface area contributed by atoms with E-state index in [9.17, 15) is 10.1 Å². The SMILES string of the molecule is CC.CC.CCCCOc1ccc(C(C)C[N+](=O)[O-])cc1. The molecule has 0 aromatic heterocycles. The van der Waals surface area contributed by atoms with Gasteiger partial charge in [0.25, 0.3) is 0 Å². The van der Waals surface area contributed by atoms with Crippen LogP contribution in [0.3, 0.4) is 0 Å². The van der Waals surface area contributed by atoms with Gasteiger partial charge in [0.15, 0.2) is 0 Å². The third-order valence-corrected chi connectivity index (χ3v) is 2.64. The van der Waals surface area contributed by atoms with Crippen molar-refractivity contribution in [2.75, 3.05) is 13.2 Å². The molecule has 0 fully saturated rings. The molecule has 4 nitrogen and oxygen atoms in total. The van der Waals surface area contributed by atoms with Gasteiger partial charge in [0.2, 0.25) is 6.54 Å². The van der Waals surface area contributed by atoms with Gasteiger partial charge in [0.05, 0.1) is 6.61 Å². The van der Waals surface area contributed by atoms with Crippen molar-refractivity contribution < 1.29 is 9.66 Å². The first kappa shape index (κ1) is 21.7. The lowest BCUT2D eigenvalue weighted by Gasteiger charge is -2.09. The summed E-state index contributed by atoms with van der Waals surface area (Å²) in [6.45, 7) is 12.7. The van der Waals surface area contributed by atoms with E-state index < -0.39 is 0 Å². The summed E-state index contributed by atoms with van der Waals surface area (Å²) < 4.78 is 5.53. The highest BCUT2D eigenvalue weighted by Crippen LogP contribution is 2.19. The second kappa shape index (κ2) is 14.8. The lowest BCUT2D eigenvalue weighted by molar-refractivity contribution is -0.482. The fraction of sp³-hybridized carbons (Fsp3) is 0.647. The van der Waals surface area contributed by atoms with Crippen LogP contribution in [0.2, 0.25) is 0 Å². The van der Waals surface area contributed by atoms with Crippen LogP contribution in [0.1, 0.15) is 65.9 Å². The van der Waals surface area contributed by atoms with Crippen LogP contribution in [-0.2, 0) is 0 Å². The minimum Gasteiger partial charge on any atom is -0.494 e. The Hall–Kier alpha value is -1.58. The van der Waals surface area contributed by atoms with Crippen molar-refractivity contribution in [2.45, 2.75) is 60.3 Å². The Morgan fingerprint density at radius 3 is 2.10 bits per heavy atom. The molecule has 0 saturated heterocycles. The fourth-order valence-electron chi connectivity index (χ4n) is 1.56. The monoisotopic (exact) mass is 297 g/mol. The van der Waals surface area contributed by atoms with Crippen molar-refractivity contribution in [3.63, 3.8) is 0 Å². The van der Waals surface area contributed by atoms with Crippen LogP contribution in [0.15, 0.2) is 24.3 Å². The fourth-order valence-corrected chi connectivity index (χ4v) is 1.56. The predicted octanol–water partition coefficient (Wildman–Crippen LogP) is 5.30. The Kier molecular flexibility index (Phi) is 15.3. The van der Waals surface area contributed by atoms with E-state index in [2.05, 4.69) is 6.92 Å². The van der Waals surface area contributed by atoms with Crippen molar-refractivity contribution in [1.82, 2.24) is 0 Å². The molecule has 21 heavy (non-hydrogen) atoms. The summed E-state index contributed by atoms with van der Waals surface area (Å²) in [6.07, 6.45) is 2.15. The first-order valence-electron chi connectivity index (χ1n) is 7.98. The number of unbranched alkanes of at least 4 members (excludes halogenated alkanes) is 1. The standard InChI is InChI=1S/C13H19NO3.2C2H6/c1-3-4-9-17-13-7-5-12(6-8-13)11(2)10-14(15)16;2*1-2/h5-8,11H,3-4,9-10H2,1-2H3;2*1-2H3. The molecule has 0 saturated carbocycles. The Morgan fingerprint density at radius 2 is 1.67 bits per heavy atom. The summed E-state index contributed by atoms with van der Waals surface area (Å²) >= 11 is 0. The van der Waals surface area contributed by atoms with Gasteiger partial charge in [0, 0.05) is 10.8 Å². The predicted molar refractivity (Wildman–Crippen MR) is 89.8 cm³/mol. The van der Waals surface area contributed by atoms with Crippen molar-refractivity contribution in [3.8, 4) is 5.75 Å². The quantitative estimate of drug-likeness (QED) is 0.390. The summed E-state index contributed by atoms with van der Waals surface area (Å²) in [5.41, 5.74) is 0.976. The molecule has 0 aliphatic rings. The number of nitrogens with zero attached hydrogens (tertiary/aromatic N) is 1. The van der Waals surface area contributed by atoms with E-state index in [0.29, 0.717) is 0 Å². The maximum absolute atomic E-state index is 10.4. The van der Waals surface area contributed by atoms with Crippen molar-refractivity contribution >= 4 is 0 Å². The molecule has 4 heteroatoms.